The molecule has 1 N–H and O–H groups in total. The number of carbonyl (C=O) groups is 1. The second-order valence-electron chi connectivity index (χ2n) is 12.0. The summed E-state index contributed by atoms with van der Waals surface area (Å²) in [6.07, 6.45) is 0.898. The van der Waals surface area contributed by atoms with Gasteiger partial charge in [-0.3, -0.25) is 19.1 Å². The maximum absolute atomic E-state index is 12.8. The molecule has 11 nitrogen and oxygen atoms in total. The van der Waals surface area contributed by atoms with E-state index < -0.39 is 43.1 Å². The van der Waals surface area contributed by atoms with Crippen LogP contribution < -0.4 is 15.9 Å². The molecular formula is C31H37BrN6O5Si. The lowest BCUT2D eigenvalue weighted by molar-refractivity contribution is -0.152. The van der Waals surface area contributed by atoms with E-state index in [4.69, 9.17) is 13.9 Å². The highest BCUT2D eigenvalue weighted by Gasteiger charge is 2.53. The fourth-order valence-corrected chi connectivity index (χ4v) is 10.9. The van der Waals surface area contributed by atoms with Crippen LogP contribution in [0.1, 0.15) is 33.9 Å². The number of nitrogens with zero attached hydrogens (tertiary/aromatic N) is 5. The van der Waals surface area contributed by atoms with Crippen molar-refractivity contribution in [1.29, 1.82) is 0 Å². The standard InChI is InChI=1S/C31H37BrN6O5Si/c1-20(39)42-26-24(32)23(43-29(26)38-19-33-25-27(38)35-30(36-28(25)40)34-18-37(5)6)17-41-44(31(2,3)4,21-13-9-7-10-14-21)22-15-11-8-12-16-22/h7-16,18-19,23-24,26,29H,17H2,1-6H3,(H,35,36,40)/t23-,24+,26-,29-/m1/s1. The number of ether oxygens (including phenoxy) is 2. The molecule has 13 heteroatoms. The Balaban J connectivity index is 1.53. The summed E-state index contributed by atoms with van der Waals surface area (Å²) in [6, 6.07) is 20.7. The number of alkyl halides is 1. The van der Waals surface area contributed by atoms with E-state index in [0.29, 0.717) is 0 Å². The van der Waals surface area contributed by atoms with Crippen LogP contribution in [0.4, 0.5) is 5.95 Å². The highest BCUT2D eigenvalue weighted by molar-refractivity contribution is 9.09. The van der Waals surface area contributed by atoms with Crippen LogP contribution in [-0.2, 0) is 18.7 Å². The maximum atomic E-state index is 12.8. The topological polar surface area (TPSA) is 124 Å². The molecule has 1 fully saturated rings. The van der Waals surface area contributed by atoms with Crippen LogP contribution in [0.5, 0.6) is 0 Å². The van der Waals surface area contributed by atoms with E-state index in [9.17, 15) is 9.59 Å². The lowest BCUT2D eigenvalue weighted by Crippen LogP contribution is -2.67. The van der Waals surface area contributed by atoms with Gasteiger partial charge in [-0.05, 0) is 15.4 Å². The summed E-state index contributed by atoms with van der Waals surface area (Å²) in [5.41, 5.74) is -0.0594. The monoisotopic (exact) mass is 680 g/mol. The van der Waals surface area contributed by atoms with Gasteiger partial charge >= 0.3 is 5.97 Å². The average Bonchev–Trinajstić information content (AvgIpc) is 3.53. The van der Waals surface area contributed by atoms with E-state index in [1.165, 1.54) is 19.6 Å². The zero-order valence-corrected chi connectivity index (χ0v) is 28.2. The number of imidazole rings is 1. The Kier molecular flexibility index (Phi) is 9.21. The van der Waals surface area contributed by atoms with Gasteiger partial charge in [0.05, 0.1) is 30.2 Å². The summed E-state index contributed by atoms with van der Waals surface area (Å²) < 4.78 is 21.1. The molecule has 2 aromatic carbocycles. The van der Waals surface area contributed by atoms with Gasteiger partial charge in [0.25, 0.3) is 13.9 Å². The number of rotatable bonds is 9. The first-order valence-corrected chi connectivity index (χ1v) is 17.1. The Labute approximate surface area is 265 Å². The van der Waals surface area contributed by atoms with Gasteiger partial charge in [0.15, 0.2) is 23.5 Å². The number of nitrogens with one attached hydrogen (secondary N) is 1. The third-order valence-corrected chi connectivity index (χ3v) is 13.7. The number of hydrogen-bond donors (Lipinski definition) is 1. The smallest absolute Gasteiger partial charge is 0.303 e. The number of halogens is 1. The average molecular weight is 682 g/mol. The normalized spacial score (nSPS) is 20.8. The largest absolute Gasteiger partial charge is 0.456 e. The summed E-state index contributed by atoms with van der Waals surface area (Å²) >= 11 is 3.77. The minimum Gasteiger partial charge on any atom is -0.456 e. The van der Waals surface area contributed by atoms with E-state index in [1.54, 1.807) is 9.47 Å². The Morgan fingerprint density at radius 1 is 1.14 bits per heavy atom. The molecule has 4 atom stereocenters. The van der Waals surface area contributed by atoms with Crippen molar-refractivity contribution >= 4 is 64.0 Å². The molecule has 1 aliphatic heterocycles. The van der Waals surface area contributed by atoms with Gasteiger partial charge < -0.3 is 18.8 Å². The second kappa shape index (κ2) is 12.8. The first-order valence-electron chi connectivity index (χ1n) is 14.3. The first-order chi connectivity index (χ1) is 20.9. The van der Waals surface area contributed by atoms with Crippen LogP contribution in [0.3, 0.4) is 0 Å². The van der Waals surface area contributed by atoms with Gasteiger partial charge in [0.1, 0.15) is 0 Å². The van der Waals surface area contributed by atoms with E-state index in [2.05, 4.69) is 80.9 Å². The Hall–Kier alpha value is -3.65. The summed E-state index contributed by atoms with van der Waals surface area (Å²) in [7, 11) is 0.751. The molecule has 0 radical (unpaired) electrons. The number of fused-ring (bicyclic) bond motifs is 1. The molecule has 0 unspecified atom stereocenters. The minimum atomic E-state index is -2.87. The third-order valence-electron chi connectivity index (χ3n) is 7.55. The number of esters is 1. The van der Waals surface area contributed by atoms with Crippen molar-refractivity contribution in [1.82, 2.24) is 24.4 Å². The fourth-order valence-electron chi connectivity index (χ4n) is 5.67. The van der Waals surface area contributed by atoms with Crippen molar-refractivity contribution in [2.75, 3.05) is 20.7 Å². The van der Waals surface area contributed by atoms with Crippen LogP contribution in [-0.4, -0.2) is 82.8 Å². The Bertz CT molecular complexity index is 1650. The van der Waals surface area contributed by atoms with Gasteiger partial charge in [0, 0.05) is 21.0 Å². The SMILES string of the molecule is CC(=O)O[C@@H]1[C@@H](Br)[C@@H](CO[Si](c2ccccc2)(c2ccccc2)C(C)(C)C)O[C@H]1n1cnc2c(=O)[nH]c(N=CN(C)C)nc21. The molecule has 232 valence electrons. The summed E-state index contributed by atoms with van der Waals surface area (Å²) in [5.74, 6) is -0.352. The molecule has 0 saturated carbocycles. The van der Waals surface area contributed by atoms with E-state index in [1.807, 2.05) is 50.5 Å². The molecule has 1 aliphatic rings. The van der Waals surface area contributed by atoms with E-state index in [-0.39, 0.29) is 28.8 Å². The number of carbonyl (C=O) groups excluding carboxylic acids is 1. The van der Waals surface area contributed by atoms with Crippen molar-refractivity contribution in [2.24, 2.45) is 4.99 Å². The van der Waals surface area contributed by atoms with Crippen LogP contribution in [0.25, 0.3) is 11.2 Å². The number of aromatic amines is 1. The van der Waals surface area contributed by atoms with Crippen LogP contribution in [0.2, 0.25) is 5.04 Å². The molecule has 0 spiro atoms. The van der Waals surface area contributed by atoms with Gasteiger partial charge in [-0.1, -0.05) is 97.4 Å². The Morgan fingerprint density at radius 2 is 1.75 bits per heavy atom. The summed E-state index contributed by atoms with van der Waals surface area (Å²) in [4.78, 5) is 42.1. The lowest BCUT2D eigenvalue weighted by Gasteiger charge is -2.43. The molecule has 0 amide bonds. The van der Waals surface area contributed by atoms with Gasteiger partial charge in [0.2, 0.25) is 5.95 Å². The Morgan fingerprint density at radius 3 is 2.30 bits per heavy atom. The first kappa shape index (κ1) is 31.8. The molecule has 1 saturated heterocycles. The summed E-state index contributed by atoms with van der Waals surface area (Å²) in [5, 5.41) is 2.05. The van der Waals surface area contributed by atoms with E-state index in [0.717, 1.165) is 10.4 Å². The van der Waals surface area contributed by atoms with E-state index >= 15 is 0 Å². The predicted molar refractivity (Wildman–Crippen MR) is 176 cm³/mol. The highest BCUT2D eigenvalue weighted by atomic mass is 79.9. The van der Waals surface area contributed by atoms with Crippen molar-refractivity contribution in [3.63, 3.8) is 0 Å². The quantitative estimate of drug-likeness (QED) is 0.0937. The second-order valence-corrected chi connectivity index (χ2v) is 17.3. The molecule has 0 bridgehead atoms. The van der Waals surface area contributed by atoms with Crippen molar-refractivity contribution < 1.29 is 18.7 Å². The van der Waals surface area contributed by atoms with Crippen LogP contribution >= 0.6 is 15.9 Å². The van der Waals surface area contributed by atoms with Gasteiger partial charge in [-0.15, -0.1) is 0 Å². The summed E-state index contributed by atoms with van der Waals surface area (Å²) in [6.45, 7) is 8.20. The number of hydrogen-bond acceptors (Lipinski definition) is 8. The number of aliphatic imine (C=N–C) groups is 1. The fraction of sp³-hybridized carbons (Fsp3) is 0.387. The molecule has 0 aliphatic carbocycles. The highest BCUT2D eigenvalue weighted by Crippen LogP contribution is 2.40. The van der Waals surface area contributed by atoms with Crippen LogP contribution in [0, 0.1) is 0 Å². The van der Waals surface area contributed by atoms with Crippen LogP contribution in [0.15, 0.2) is 76.8 Å². The molecule has 4 aromatic rings. The molecule has 44 heavy (non-hydrogen) atoms. The van der Waals surface area contributed by atoms with Gasteiger partial charge in [-0.2, -0.15) is 4.98 Å². The third kappa shape index (κ3) is 6.14. The molecular weight excluding hydrogens is 644 g/mol. The van der Waals surface area contributed by atoms with Crippen molar-refractivity contribution in [2.45, 2.75) is 56.0 Å². The van der Waals surface area contributed by atoms with Gasteiger partial charge in [-0.25, -0.2) is 9.98 Å². The maximum Gasteiger partial charge on any atom is 0.303 e. The number of aromatic nitrogens is 4. The lowest BCUT2D eigenvalue weighted by atomic mass is 10.2. The predicted octanol–water partition coefficient (Wildman–Crippen LogP) is 3.51. The molecule has 3 heterocycles. The zero-order chi connectivity index (χ0) is 31.6. The zero-order valence-electron chi connectivity index (χ0n) is 25.6. The molecule has 2 aromatic heterocycles. The molecule has 5 rings (SSSR count). The number of H-pyrrole nitrogens is 1. The van der Waals surface area contributed by atoms with Crippen molar-refractivity contribution in [3.8, 4) is 0 Å². The van der Waals surface area contributed by atoms with Crippen molar-refractivity contribution in [3.05, 3.63) is 77.3 Å². The minimum absolute atomic E-state index is 0.113. The number of benzene rings is 2.